The highest BCUT2D eigenvalue weighted by Gasteiger charge is 2.11. The van der Waals surface area contributed by atoms with E-state index in [1.54, 1.807) is 61.5 Å². The van der Waals surface area contributed by atoms with E-state index in [9.17, 15) is 14.0 Å². The standard InChI is InChI=1S/C26H21FO5/c1-16(2)25(28)31-21-10-7-19(8-11-21)23-14-12-20(30-23)9-5-18-6-13-24(22(27)15-18)32-26(29)17(3)4/h5-15H,1,3H2,2,4H3. The highest BCUT2D eigenvalue weighted by molar-refractivity contribution is 5.89. The molecule has 0 unspecified atom stereocenters. The van der Waals surface area contributed by atoms with Crippen molar-refractivity contribution in [3.63, 3.8) is 0 Å². The lowest BCUT2D eigenvalue weighted by molar-refractivity contribution is -0.131. The van der Waals surface area contributed by atoms with Crippen LogP contribution < -0.4 is 9.47 Å². The summed E-state index contributed by atoms with van der Waals surface area (Å²) in [5.41, 5.74) is 1.87. The van der Waals surface area contributed by atoms with Crippen LogP contribution in [-0.2, 0) is 9.59 Å². The quantitative estimate of drug-likeness (QED) is 0.252. The molecule has 3 aromatic rings. The minimum absolute atomic E-state index is 0.159. The number of furan rings is 1. The SMILES string of the molecule is C=C(C)C(=O)Oc1ccc(-c2ccc(C=Cc3ccc(OC(=O)C(=C)C)c(F)c3)o2)cc1. The van der Waals surface area contributed by atoms with E-state index in [0.717, 1.165) is 5.56 Å². The molecule has 2 aromatic carbocycles. The number of rotatable bonds is 7. The Morgan fingerprint density at radius 3 is 2.16 bits per heavy atom. The minimum atomic E-state index is -0.683. The number of ether oxygens (including phenoxy) is 2. The Morgan fingerprint density at radius 2 is 1.53 bits per heavy atom. The normalized spacial score (nSPS) is 10.7. The van der Waals surface area contributed by atoms with Crippen molar-refractivity contribution in [3.05, 3.63) is 96.0 Å². The van der Waals surface area contributed by atoms with Crippen LogP contribution in [0.1, 0.15) is 25.2 Å². The summed E-state index contributed by atoms with van der Waals surface area (Å²) in [6.07, 6.45) is 3.37. The molecule has 5 nitrogen and oxygen atoms in total. The Labute approximate surface area is 185 Å². The van der Waals surface area contributed by atoms with Gasteiger partial charge in [0.15, 0.2) is 11.6 Å². The largest absolute Gasteiger partial charge is 0.457 e. The first-order valence-corrected chi connectivity index (χ1v) is 9.66. The minimum Gasteiger partial charge on any atom is -0.457 e. The Morgan fingerprint density at radius 1 is 0.875 bits per heavy atom. The topological polar surface area (TPSA) is 65.7 Å². The number of halogens is 1. The smallest absolute Gasteiger partial charge is 0.338 e. The van der Waals surface area contributed by atoms with E-state index in [4.69, 9.17) is 13.9 Å². The molecule has 0 bridgehead atoms. The van der Waals surface area contributed by atoms with Crippen LogP contribution >= 0.6 is 0 Å². The Bertz CT molecular complexity index is 1220. The molecule has 1 heterocycles. The molecule has 0 amide bonds. The van der Waals surface area contributed by atoms with Gasteiger partial charge in [-0.2, -0.15) is 0 Å². The van der Waals surface area contributed by atoms with Gasteiger partial charge < -0.3 is 13.9 Å². The van der Waals surface area contributed by atoms with E-state index in [-0.39, 0.29) is 11.3 Å². The molecule has 32 heavy (non-hydrogen) atoms. The van der Waals surface area contributed by atoms with Gasteiger partial charge in [0.1, 0.15) is 17.3 Å². The molecule has 0 spiro atoms. The fourth-order valence-corrected chi connectivity index (χ4v) is 2.55. The number of hydrogen-bond donors (Lipinski definition) is 0. The van der Waals surface area contributed by atoms with Crippen molar-refractivity contribution in [1.29, 1.82) is 0 Å². The monoisotopic (exact) mass is 432 g/mol. The summed E-state index contributed by atoms with van der Waals surface area (Å²) in [6, 6.07) is 14.7. The van der Waals surface area contributed by atoms with Gasteiger partial charge in [0, 0.05) is 16.7 Å². The fraction of sp³-hybridized carbons (Fsp3) is 0.0769. The second kappa shape index (κ2) is 9.75. The molecule has 162 valence electrons. The summed E-state index contributed by atoms with van der Waals surface area (Å²) in [6.45, 7) is 10.1. The molecule has 6 heteroatoms. The van der Waals surface area contributed by atoms with Crippen molar-refractivity contribution in [2.75, 3.05) is 0 Å². The van der Waals surface area contributed by atoms with Crippen molar-refractivity contribution >= 4 is 24.1 Å². The zero-order valence-electron chi connectivity index (χ0n) is 17.7. The van der Waals surface area contributed by atoms with Gasteiger partial charge in [-0.15, -0.1) is 0 Å². The summed E-state index contributed by atoms with van der Waals surface area (Å²) in [4.78, 5) is 23.1. The molecule has 0 atom stereocenters. The molecular weight excluding hydrogens is 411 g/mol. The first-order chi connectivity index (χ1) is 15.2. The number of carbonyl (C=O) groups is 2. The lowest BCUT2D eigenvalue weighted by Crippen LogP contribution is -2.09. The van der Waals surface area contributed by atoms with Crippen LogP contribution in [0, 0.1) is 5.82 Å². The Kier molecular flexibility index (Phi) is 6.85. The second-order valence-corrected chi connectivity index (χ2v) is 7.09. The molecule has 0 fully saturated rings. The number of hydrogen-bond acceptors (Lipinski definition) is 5. The fourth-order valence-electron chi connectivity index (χ4n) is 2.55. The van der Waals surface area contributed by atoms with Crippen LogP contribution in [0.4, 0.5) is 4.39 Å². The molecule has 0 aliphatic carbocycles. The average molecular weight is 432 g/mol. The summed E-state index contributed by atoms with van der Waals surface area (Å²) < 4.78 is 30.1. The lowest BCUT2D eigenvalue weighted by atomic mass is 10.1. The predicted molar refractivity (Wildman–Crippen MR) is 120 cm³/mol. The molecule has 1 aromatic heterocycles. The second-order valence-electron chi connectivity index (χ2n) is 7.09. The first-order valence-electron chi connectivity index (χ1n) is 9.66. The summed E-state index contributed by atoms with van der Waals surface area (Å²) in [5.74, 6) is -0.388. The third-order valence-electron chi connectivity index (χ3n) is 4.27. The number of esters is 2. The van der Waals surface area contributed by atoms with E-state index in [1.807, 2.05) is 0 Å². The Balaban J connectivity index is 1.68. The molecule has 0 aliphatic rings. The van der Waals surface area contributed by atoms with Crippen LogP contribution in [-0.4, -0.2) is 11.9 Å². The van der Waals surface area contributed by atoms with Gasteiger partial charge in [0.25, 0.3) is 0 Å². The third-order valence-corrected chi connectivity index (χ3v) is 4.27. The van der Waals surface area contributed by atoms with Gasteiger partial charge in [0.05, 0.1) is 0 Å². The maximum atomic E-state index is 14.2. The summed E-state index contributed by atoms with van der Waals surface area (Å²) in [7, 11) is 0. The van der Waals surface area contributed by atoms with Crippen LogP contribution in [0.5, 0.6) is 11.5 Å². The van der Waals surface area contributed by atoms with Crippen molar-refractivity contribution < 1.29 is 27.9 Å². The van der Waals surface area contributed by atoms with Crippen molar-refractivity contribution in [2.24, 2.45) is 0 Å². The van der Waals surface area contributed by atoms with E-state index >= 15 is 0 Å². The van der Waals surface area contributed by atoms with E-state index in [2.05, 4.69) is 13.2 Å². The summed E-state index contributed by atoms with van der Waals surface area (Å²) >= 11 is 0. The molecule has 0 radical (unpaired) electrons. The molecule has 0 aliphatic heterocycles. The third kappa shape index (κ3) is 5.70. The van der Waals surface area contributed by atoms with Crippen LogP contribution in [0.3, 0.4) is 0 Å². The zero-order chi connectivity index (χ0) is 23.3. The lowest BCUT2D eigenvalue weighted by Gasteiger charge is -2.05. The van der Waals surface area contributed by atoms with E-state index in [0.29, 0.717) is 28.4 Å². The van der Waals surface area contributed by atoms with Gasteiger partial charge in [0.2, 0.25) is 0 Å². The van der Waals surface area contributed by atoms with Gasteiger partial charge in [-0.1, -0.05) is 25.3 Å². The number of benzene rings is 2. The van der Waals surface area contributed by atoms with Crippen LogP contribution in [0.25, 0.3) is 23.5 Å². The number of carbonyl (C=O) groups excluding carboxylic acids is 2. The maximum Gasteiger partial charge on any atom is 0.338 e. The Hall–Kier alpha value is -4.19. The van der Waals surface area contributed by atoms with Crippen molar-refractivity contribution in [3.8, 4) is 22.8 Å². The van der Waals surface area contributed by atoms with E-state index in [1.165, 1.54) is 19.1 Å². The van der Waals surface area contributed by atoms with Crippen LogP contribution in [0.2, 0.25) is 0 Å². The molecular formula is C26H21FO5. The molecule has 0 saturated carbocycles. The van der Waals surface area contributed by atoms with Gasteiger partial charge in [-0.05, 0) is 74.0 Å². The van der Waals surface area contributed by atoms with Crippen molar-refractivity contribution in [1.82, 2.24) is 0 Å². The molecule has 0 saturated heterocycles. The van der Waals surface area contributed by atoms with Gasteiger partial charge in [-0.3, -0.25) is 0 Å². The first kappa shape index (κ1) is 22.5. The highest BCUT2D eigenvalue weighted by Crippen LogP contribution is 2.26. The average Bonchev–Trinajstić information content (AvgIpc) is 3.23. The van der Waals surface area contributed by atoms with Gasteiger partial charge >= 0.3 is 11.9 Å². The molecule has 3 rings (SSSR count). The van der Waals surface area contributed by atoms with E-state index < -0.39 is 17.8 Å². The zero-order valence-corrected chi connectivity index (χ0v) is 17.7. The van der Waals surface area contributed by atoms with Crippen LogP contribution in [0.15, 0.2) is 83.3 Å². The summed E-state index contributed by atoms with van der Waals surface area (Å²) in [5, 5.41) is 0. The highest BCUT2D eigenvalue weighted by atomic mass is 19.1. The molecule has 0 N–H and O–H groups in total. The predicted octanol–water partition coefficient (Wildman–Crippen LogP) is 6.22. The van der Waals surface area contributed by atoms with Gasteiger partial charge in [-0.25, -0.2) is 14.0 Å². The maximum absolute atomic E-state index is 14.2. The van der Waals surface area contributed by atoms with Crippen molar-refractivity contribution in [2.45, 2.75) is 13.8 Å².